The molecule has 0 bridgehead atoms. The standard InChI is InChI=1S/C32H42N2O8/c1-20-26(18-34-16-6-9-25(34)30(39)42-32(2,3)4)40-31(41-29(20)22-12-10-21(19-35)11-13-22)23-7-5-8-24(17-23)33-27(36)14-15-28(37)38/h5,7-8,10-13,17,20,25-26,29,31,35H,6,9,14-16,18-19H2,1-4H3,(H,33,36)(H,37,38)/t20-,25-,26+,29+,31+/m0/s1. The van der Waals surface area contributed by atoms with E-state index in [0.29, 0.717) is 17.8 Å². The number of nitrogens with one attached hydrogen (secondary N) is 1. The van der Waals surface area contributed by atoms with Crippen LogP contribution in [0, 0.1) is 5.92 Å². The number of carbonyl (C=O) groups is 3. The van der Waals surface area contributed by atoms with Crippen molar-refractivity contribution in [3.63, 3.8) is 0 Å². The van der Waals surface area contributed by atoms with E-state index in [9.17, 15) is 19.5 Å². The van der Waals surface area contributed by atoms with Crippen molar-refractivity contribution in [1.82, 2.24) is 4.90 Å². The molecule has 2 heterocycles. The number of carbonyl (C=O) groups excluding carboxylic acids is 2. The fourth-order valence-corrected chi connectivity index (χ4v) is 5.45. The lowest BCUT2D eigenvalue weighted by molar-refractivity contribution is -0.276. The van der Waals surface area contributed by atoms with Gasteiger partial charge in [-0.15, -0.1) is 0 Å². The monoisotopic (exact) mass is 582 g/mol. The zero-order chi connectivity index (χ0) is 30.4. The number of amides is 1. The number of rotatable bonds is 10. The Morgan fingerprint density at radius 3 is 2.45 bits per heavy atom. The van der Waals surface area contributed by atoms with Crippen molar-refractivity contribution in [1.29, 1.82) is 0 Å². The number of carboxylic acids is 1. The molecule has 2 aromatic rings. The van der Waals surface area contributed by atoms with Gasteiger partial charge in [0, 0.05) is 30.1 Å². The van der Waals surface area contributed by atoms with Crippen LogP contribution in [0.25, 0.3) is 0 Å². The normalized spacial score (nSPS) is 24.7. The fourth-order valence-electron chi connectivity index (χ4n) is 5.45. The first-order valence-corrected chi connectivity index (χ1v) is 14.5. The highest BCUT2D eigenvalue weighted by atomic mass is 16.7. The molecule has 10 nitrogen and oxygen atoms in total. The first-order valence-electron chi connectivity index (χ1n) is 14.5. The summed E-state index contributed by atoms with van der Waals surface area (Å²) < 4.78 is 18.8. The van der Waals surface area contributed by atoms with Gasteiger partial charge in [-0.25, -0.2) is 0 Å². The van der Waals surface area contributed by atoms with Crippen LogP contribution in [-0.2, 0) is 35.2 Å². The lowest BCUT2D eigenvalue weighted by Crippen LogP contribution is -2.48. The highest BCUT2D eigenvalue weighted by molar-refractivity contribution is 5.92. The minimum Gasteiger partial charge on any atom is -0.481 e. The predicted octanol–water partition coefficient (Wildman–Crippen LogP) is 4.58. The Morgan fingerprint density at radius 2 is 1.79 bits per heavy atom. The number of ether oxygens (including phenoxy) is 3. The molecule has 2 fully saturated rings. The van der Waals surface area contributed by atoms with E-state index in [1.807, 2.05) is 51.1 Å². The SMILES string of the molecule is C[C@H]1[C@@H](CN2CCC[C@H]2C(=O)OC(C)(C)C)O[C@@H](c2cccc(NC(=O)CCC(=O)O)c2)O[C@H]1c1ccc(CO)cc1. The first kappa shape index (κ1) is 31.6. The summed E-state index contributed by atoms with van der Waals surface area (Å²) in [5.41, 5.74) is 2.39. The van der Waals surface area contributed by atoms with Crippen LogP contribution >= 0.6 is 0 Å². The van der Waals surface area contributed by atoms with Gasteiger partial charge in [-0.2, -0.15) is 0 Å². The number of benzene rings is 2. The van der Waals surface area contributed by atoms with Crippen molar-refractivity contribution in [3.05, 3.63) is 65.2 Å². The highest BCUT2D eigenvalue weighted by Crippen LogP contribution is 2.42. The van der Waals surface area contributed by atoms with Gasteiger partial charge >= 0.3 is 11.9 Å². The highest BCUT2D eigenvalue weighted by Gasteiger charge is 2.42. The lowest BCUT2D eigenvalue weighted by Gasteiger charge is -2.43. The van der Waals surface area contributed by atoms with Gasteiger partial charge in [0.1, 0.15) is 11.6 Å². The summed E-state index contributed by atoms with van der Waals surface area (Å²) in [4.78, 5) is 38.3. The zero-order valence-electron chi connectivity index (χ0n) is 24.7. The van der Waals surface area contributed by atoms with Gasteiger partial charge < -0.3 is 29.7 Å². The lowest BCUT2D eigenvalue weighted by atomic mass is 9.90. The van der Waals surface area contributed by atoms with E-state index in [1.165, 1.54) is 0 Å². The Balaban J connectivity index is 1.57. The van der Waals surface area contributed by atoms with E-state index in [1.54, 1.807) is 18.2 Å². The molecule has 10 heteroatoms. The second-order valence-corrected chi connectivity index (χ2v) is 12.1. The maximum atomic E-state index is 13.0. The molecule has 0 aromatic heterocycles. The van der Waals surface area contributed by atoms with Gasteiger partial charge in [-0.3, -0.25) is 19.3 Å². The molecule has 0 spiro atoms. The van der Waals surface area contributed by atoms with Crippen molar-refractivity contribution in [2.75, 3.05) is 18.4 Å². The van der Waals surface area contributed by atoms with Gasteiger partial charge in [0.25, 0.3) is 0 Å². The summed E-state index contributed by atoms with van der Waals surface area (Å²) in [5.74, 6) is -1.72. The molecular formula is C32H42N2O8. The molecule has 2 aliphatic heterocycles. The van der Waals surface area contributed by atoms with Crippen molar-refractivity contribution in [3.8, 4) is 0 Å². The zero-order valence-corrected chi connectivity index (χ0v) is 24.7. The van der Waals surface area contributed by atoms with Gasteiger partial charge in [-0.1, -0.05) is 43.3 Å². The van der Waals surface area contributed by atoms with Gasteiger partial charge in [0.05, 0.1) is 25.2 Å². The second-order valence-electron chi connectivity index (χ2n) is 12.1. The summed E-state index contributed by atoms with van der Waals surface area (Å²) in [6, 6.07) is 14.4. The minimum absolute atomic E-state index is 0.0539. The molecule has 0 radical (unpaired) electrons. The van der Waals surface area contributed by atoms with Crippen LogP contribution in [-0.4, -0.2) is 63.8 Å². The third-order valence-electron chi connectivity index (χ3n) is 7.59. The maximum absolute atomic E-state index is 13.0. The van der Waals surface area contributed by atoms with Crippen LogP contribution < -0.4 is 5.32 Å². The van der Waals surface area contributed by atoms with Gasteiger partial charge in [0.2, 0.25) is 5.91 Å². The third-order valence-corrected chi connectivity index (χ3v) is 7.59. The third kappa shape index (κ3) is 8.38. The number of aliphatic hydroxyl groups is 1. The minimum atomic E-state index is -1.03. The Labute approximate surface area is 246 Å². The molecule has 0 aliphatic carbocycles. The fraction of sp³-hybridized carbons (Fsp3) is 0.531. The van der Waals surface area contributed by atoms with E-state index >= 15 is 0 Å². The van der Waals surface area contributed by atoms with Crippen LogP contribution in [0.5, 0.6) is 0 Å². The average molecular weight is 583 g/mol. The summed E-state index contributed by atoms with van der Waals surface area (Å²) in [6.45, 7) is 8.90. The molecule has 0 saturated carbocycles. The topological polar surface area (TPSA) is 135 Å². The molecule has 2 aliphatic rings. The Kier molecular flexibility index (Phi) is 10.4. The predicted molar refractivity (Wildman–Crippen MR) is 155 cm³/mol. The van der Waals surface area contributed by atoms with E-state index in [0.717, 1.165) is 30.5 Å². The van der Waals surface area contributed by atoms with Crippen molar-refractivity contribution in [2.45, 2.75) is 90.1 Å². The number of hydrogen-bond acceptors (Lipinski definition) is 8. The van der Waals surface area contributed by atoms with Crippen LogP contribution in [0.1, 0.15) is 82.5 Å². The van der Waals surface area contributed by atoms with E-state index < -0.39 is 23.8 Å². The molecule has 5 atom stereocenters. The maximum Gasteiger partial charge on any atom is 0.323 e. The van der Waals surface area contributed by atoms with Crippen molar-refractivity contribution < 1.29 is 38.8 Å². The van der Waals surface area contributed by atoms with Gasteiger partial charge in [-0.05, 0) is 63.4 Å². The van der Waals surface area contributed by atoms with Crippen molar-refractivity contribution >= 4 is 23.5 Å². The number of carboxylic acid groups (broad SMARTS) is 1. The molecule has 2 saturated heterocycles. The summed E-state index contributed by atoms with van der Waals surface area (Å²) >= 11 is 0. The van der Waals surface area contributed by atoms with E-state index in [-0.39, 0.29) is 49.6 Å². The molecule has 2 aromatic carbocycles. The summed E-state index contributed by atoms with van der Waals surface area (Å²) in [5, 5.41) is 21.2. The van der Waals surface area contributed by atoms with Crippen LogP contribution in [0.4, 0.5) is 5.69 Å². The molecular weight excluding hydrogens is 540 g/mol. The quantitative estimate of drug-likeness (QED) is 0.344. The molecule has 42 heavy (non-hydrogen) atoms. The average Bonchev–Trinajstić information content (AvgIpc) is 3.41. The van der Waals surface area contributed by atoms with Crippen LogP contribution in [0.15, 0.2) is 48.5 Å². The number of hydrogen-bond donors (Lipinski definition) is 3. The van der Waals surface area contributed by atoms with Crippen LogP contribution in [0.3, 0.4) is 0 Å². The Bertz CT molecular complexity index is 1240. The van der Waals surface area contributed by atoms with E-state index in [2.05, 4.69) is 17.1 Å². The first-order chi connectivity index (χ1) is 19.9. The molecule has 0 unspecified atom stereocenters. The Hall–Kier alpha value is -3.31. The molecule has 228 valence electrons. The molecule has 3 N–H and O–H groups in total. The second kappa shape index (κ2) is 13.8. The number of likely N-dealkylation sites (tertiary alicyclic amines) is 1. The van der Waals surface area contributed by atoms with Crippen LogP contribution in [0.2, 0.25) is 0 Å². The van der Waals surface area contributed by atoms with Gasteiger partial charge in [0.15, 0.2) is 6.29 Å². The molecule has 4 rings (SSSR count). The summed E-state index contributed by atoms with van der Waals surface area (Å²) in [6.07, 6.45) is -0.145. The number of aliphatic carboxylic acids is 1. The molecule has 1 amide bonds. The number of nitrogens with zero attached hydrogens (tertiary/aromatic N) is 1. The van der Waals surface area contributed by atoms with Crippen molar-refractivity contribution in [2.24, 2.45) is 5.92 Å². The number of anilines is 1. The number of aliphatic hydroxyl groups excluding tert-OH is 1. The summed E-state index contributed by atoms with van der Waals surface area (Å²) in [7, 11) is 0. The smallest absolute Gasteiger partial charge is 0.323 e. The van der Waals surface area contributed by atoms with E-state index in [4.69, 9.17) is 19.3 Å². The number of esters is 1. The largest absolute Gasteiger partial charge is 0.481 e. The Morgan fingerprint density at radius 1 is 1.05 bits per heavy atom.